The van der Waals surface area contributed by atoms with Crippen molar-refractivity contribution in [2.45, 2.75) is 97.2 Å². The Morgan fingerprint density at radius 3 is 2.23 bits per heavy atom. The number of hydrogen-bond donors (Lipinski definition) is 0. The summed E-state index contributed by atoms with van der Waals surface area (Å²) < 4.78 is 11.9. The van der Waals surface area contributed by atoms with E-state index in [1.807, 2.05) is 0 Å². The average Bonchev–Trinajstić information content (AvgIpc) is 2.79. The highest BCUT2D eigenvalue weighted by Crippen LogP contribution is 2.33. The Morgan fingerprint density at radius 2 is 1.57 bits per heavy atom. The molecule has 1 saturated carbocycles. The van der Waals surface area contributed by atoms with Crippen LogP contribution in [0.1, 0.15) is 102 Å². The first-order valence-corrected chi connectivity index (χ1v) is 12.8. The highest BCUT2D eigenvalue weighted by atomic mass is 16.7. The van der Waals surface area contributed by atoms with Gasteiger partial charge in [0, 0.05) is 11.5 Å². The Balaban J connectivity index is 1.32. The van der Waals surface area contributed by atoms with E-state index in [1.54, 1.807) is 0 Å². The van der Waals surface area contributed by atoms with Gasteiger partial charge in [0.1, 0.15) is 0 Å². The molecule has 1 aromatic rings. The molecule has 1 aliphatic carbocycles. The number of ether oxygens (including phenoxy) is 2. The van der Waals surface area contributed by atoms with Crippen LogP contribution in [0.15, 0.2) is 36.4 Å². The van der Waals surface area contributed by atoms with Gasteiger partial charge in [0.2, 0.25) is 0 Å². The van der Waals surface area contributed by atoms with Crippen molar-refractivity contribution in [3.05, 3.63) is 47.5 Å². The van der Waals surface area contributed by atoms with Crippen LogP contribution in [0.3, 0.4) is 0 Å². The summed E-state index contributed by atoms with van der Waals surface area (Å²) in [6.45, 7) is 6.18. The third-order valence-electron chi connectivity index (χ3n) is 7.03. The molecular weight excluding hydrogens is 368 g/mol. The van der Waals surface area contributed by atoms with Crippen LogP contribution in [0.4, 0.5) is 0 Å². The summed E-state index contributed by atoms with van der Waals surface area (Å²) in [5.41, 5.74) is 2.56. The van der Waals surface area contributed by atoms with Crippen molar-refractivity contribution in [2.24, 2.45) is 17.8 Å². The molecule has 0 atom stereocenters. The molecule has 1 aromatic carbocycles. The lowest BCUT2D eigenvalue weighted by atomic mass is 9.79. The predicted molar refractivity (Wildman–Crippen MR) is 127 cm³/mol. The number of hydrogen-bond acceptors (Lipinski definition) is 2. The fourth-order valence-electron chi connectivity index (χ4n) is 5.04. The molecule has 0 bridgehead atoms. The van der Waals surface area contributed by atoms with E-state index >= 15 is 0 Å². The van der Waals surface area contributed by atoms with Crippen LogP contribution in [0.5, 0.6) is 0 Å². The lowest BCUT2D eigenvalue weighted by Gasteiger charge is -2.29. The molecular formula is C28H44O2. The van der Waals surface area contributed by atoms with E-state index in [1.165, 1.54) is 69.8 Å². The molecule has 2 aliphatic rings. The molecule has 0 radical (unpaired) electrons. The lowest BCUT2D eigenvalue weighted by Crippen LogP contribution is -2.26. The number of allylic oxidation sites excluding steroid dienone is 2. The molecule has 0 amide bonds. The minimum Gasteiger partial charge on any atom is -0.348 e. The summed E-state index contributed by atoms with van der Waals surface area (Å²) in [5.74, 6) is 2.40. The molecule has 2 fully saturated rings. The third-order valence-corrected chi connectivity index (χ3v) is 7.03. The SMILES string of the molecule is CCCCC[C@H]1CC[C@H](C=CCCc2ccc([C@H]3OC[C@H](CCC)CO3)cc2)CC1. The zero-order chi connectivity index (χ0) is 21.0. The van der Waals surface area contributed by atoms with E-state index in [4.69, 9.17) is 9.47 Å². The number of rotatable bonds is 11. The molecule has 0 spiro atoms. The van der Waals surface area contributed by atoms with Gasteiger partial charge in [0.25, 0.3) is 0 Å². The van der Waals surface area contributed by atoms with Gasteiger partial charge in [-0.2, -0.15) is 0 Å². The molecule has 0 N–H and O–H groups in total. The van der Waals surface area contributed by atoms with E-state index in [0.717, 1.165) is 43.5 Å². The van der Waals surface area contributed by atoms with E-state index in [2.05, 4.69) is 50.3 Å². The quantitative estimate of drug-likeness (QED) is 0.270. The summed E-state index contributed by atoms with van der Waals surface area (Å²) >= 11 is 0. The van der Waals surface area contributed by atoms with Crippen molar-refractivity contribution in [3.63, 3.8) is 0 Å². The van der Waals surface area contributed by atoms with Crippen molar-refractivity contribution in [3.8, 4) is 0 Å². The van der Waals surface area contributed by atoms with E-state index < -0.39 is 0 Å². The predicted octanol–water partition coefficient (Wildman–Crippen LogP) is 8.02. The van der Waals surface area contributed by atoms with Gasteiger partial charge >= 0.3 is 0 Å². The molecule has 2 heteroatoms. The average molecular weight is 413 g/mol. The zero-order valence-corrected chi connectivity index (χ0v) is 19.5. The monoisotopic (exact) mass is 412 g/mol. The minimum absolute atomic E-state index is 0.177. The fraction of sp³-hybridized carbons (Fsp3) is 0.714. The first kappa shape index (κ1) is 23.5. The van der Waals surface area contributed by atoms with Crippen molar-refractivity contribution >= 4 is 0 Å². The maximum atomic E-state index is 5.94. The second-order valence-corrected chi connectivity index (χ2v) is 9.64. The normalized spacial score (nSPS) is 27.5. The van der Waals surface area contributed by atoms with Crippen molar-refractivity contribution in [2.75, 3.05) is 13.2 Å². The third kappa shape index (κ3) is 7.85. The van der Waals surface area contributed by atoms with Crippen molar-refractivity contribution in [1.82, 2.24) is 0 Å². The maximum Gasteiger partial charge on any atom is 0.183 e. The molecule has 2 nitrogen and oxygen atoms in total. The molecule has 0 unspecified atom stereocenters. The number of unbranched alkanes of at least 4 members (excludes halogenated alkanes) is 2. The molecule has 3 rings (SSSR count). The maximum absolute atomic E-state index is 5.94. The van der Waals surface area contributed by atoms with Crippen LogP contribution in [-0.2, 0) is 15.9 Å². The molecule has 0 aromatic heterocycles. The van der Waals surface area contributed by atoms with Gasteiger partial charge in [0.05, 0.1) is 13.2 Å². The molecule has 1 heterocycles. The van der Waals surface area contributed by atoms with Crippen LogP contribution in [0.25, 0.3) is 0 Å². The summed E-state index contributed by atoms with van der Waals surface area (Å²) in [7, 11) is 0. The van der Waals surface area contributed by atoms with Gasteiger partial charge < -0.3 is 9.47 Å². The van der Waals surface area contributed by atoms with Gasteiger partial charge in [-0.25, -0.2) is 0 Å². The van der Waals surface area contributed by atoms with E-state index in [9.17, 15) is 0 Å². The number of benzene rings is 1. The Kier molecular flexibility index (Phi) is 10.5. The summed E-state index contributed by atoms with van der Waals surface area (Å²) in [6, 6.07) is 8.86. The second kappa shape index (κ2) is 13.3. The summed E-state index contributed by atoms with van der Waals surface area (Å²) in [4.78, 5) is 0. The second-order valence-electron chi connectivity index (χ2n) is 9.64. The van der Waals surface area contributed by atoms with E-state index in [0.29, 0.717) is 5.92 Å². The van der Waals surface area contributed by atoms with Crippen LogP contribution in [0, 0.1) is 17.8 Å². The topological polar surface area (TPSA) is 18.5 Å². The van der Waals surface area contributed by atoms with Gasteiger partial charge in [-0.05, 0) is 62.3 Å². The first-order valence-electron chi connectivity index (χ1n) is 12.8. The van der Waals surface area contributed by atoms with Crippen LogP contribution in [-0.4, -0.2) is 13.2 Å². The highest BCUT2D eigenvalue weighted by Gasteiger charge is 2.23. The van der Waals surface area contributed by atoms with Gasteiger partial charge in [-0.1, -0.05) is 82.4 Å². The summed E-state index contributed by atoms with van der Waals surface area (Å²) in [5, 5.41) is 0. The molecule has 1 saturated heterocycles. The highest BCUT2D eigenvalue weighted by molar-refractivity contribution is 5.24. The van der Waals surface area contributed by atoms with Crippen LogP contribution < -0.4 is 0 Å². The molecule has 1 aliphatic heterocycles. The largest absolute Gasteiger partial charge is 0.348 e. The van der Waals surface area contributed by atoms with Crippen molar-refractivity contribution in [1.29, 1.82) is 0 Å². The standard InChI is InChI=1S/C28H44O2/c1-3-5-6-10-23-13-15-24(16-14-23)11-7-8-12-25-17-19-27(20-18-25)28-29-21-26(9-4-2)22-30-28/h7,11,17-20,23-24,26,28H,3-6,8-10,12-16,21-22H2,1-2H3/t23-,24-,26-,28-. The Labute approximate surface area is 185 Å². The van der Waals surface area contributed by atoms with Crippen LogP contribution >= 0.6 is 0 Å². The summed E-state index contributed by atoms with van der Waals surface area (Å²) in [6.07, 6.45) is 20.8. The molecule has 168 valence electrons. The Morgan fingerprint density at radius 1 is 0.833 bits per heavy atom. The first-order chi connectivity index (χ1) is 14.8. The fourth-order valence-corrected chi connectivity index (χ4v) is 5.04. The van der Waals surface area contributed by atoms with Gasteiger partial charge in [0.15, 0.2) is 6.29 Å². The van der Waals surface area contributed by atoms with Gasteiger partial charge in [-0.3, -0.25) is 0 Å². The zero-order valence-electron chi connectivity index (χ0n) is 19.5. The number of aryl methyl sites for hydroxylation is 1. The lowest BCUT2D eigenvalue weighted by molar-refractivity contribution is -0.206. The van der Waals surface area contributed by atoms with Gasteiger partial charge in [-0.15, -0.1) is 0 Å². The Bertz CT molecular complexity index is 590. The Hall–Kier alpha value is -1.12. The minimum atomic E-state index is -0.177. The van der Waals surface area contributed by atoms with Crippen molar-refractivity contribution < 1.29 is 9.47 Å². The smallest absolute Gasteiger partial charge is 0.183 e. The van der Waals surface area contributed by atoms with Crippen LogP contribution in [0.2, 0.25) is 0 Å². The van der Waals surface area contributed by atoms with E-state index in [-0.39, 0.29) is 6.29 Å². The molecule has 30 heavy (non-hydrogen) atoms.